The predicted octanol–water partition coefficient (Wildman–Crippen LogP) is 5.72. The lowest BCUT2D eigenvalue weighted by molar-refractivity contribution is 0.102. The summed E-state index contributed by atoms with van der Waals surface area (Å²) in [7, 11) is 0. The van der Waals surface area contributed by atoms with Crippen molar-refractivity contribution in [2.45, 2.75) is 20.3 Å². The van der Waals surface area contributed by atoms with Gasteiger partial charge in [0.1, 0.15) is 11.6 Å². The van der Waals surface area contributed by atoms with E-state index in [-0.39, 0.29) is 5.91 Å². The molecule has 0 fully saturated rings. The Balaban J connectivity index is 1.59. The molecule has 1 amide bonds. The van der Waals surface area contributed by atoms with E-state index in [9.17, 15) is 4.79 Å². The van der Waals surface area contributed by atoms with E-state index in [0.717, 1.165) is 33.7 Å². The number of carbonyl (C=O) groups excluding carboxylic acids is 1. The number of anilines is 1. The molecule has 2 N–H and O–H groups in total. The molecule has 0 atom stereocenters. The van der Waals surface area contributed by atoms with E-state index in [1.807, 2.05) is 38.1 Å². The lowest BCUT2D eigenvalue weighted by Gasteiger charge is -2.06. The fraction of sp³-hybridized carbons (Fsp3) is 0.136. The number of aromatic nitrogens is 3. The second kappa shape index (κ2) is 7.85. The van der Waals surface area contributed by atoms with Gasteiger partial charge in [0.15, 0.2) is 0 Å². The Bertz CT molecular complexity index is 1190. The number of pyridine rings is 1. The maximum Gasteiger partial charge on any atom is 0.256 e. The minimum atomic E-state index is -0.227. The zero-order chi connectivity index (χ0) is 20.5. The van der Waals surface area contributed by atoms with Crippen molar-refractivity contribution < 1.29 is 4.79 Å². The molecule has 4 rings (SSSR count). The SMILES string of the molecule is Cc1cc(C)nc(NC(=O)c2ccc3nc(Cc4c(Cl)cccc4Cl)[nH]c3c2)c1. The van der Waals surface area contributed by atoms with Crippen molar-refractivity contribution in [3.05, 3.63) is 86.8 Å². The smallest absolute Gasteiger partial charge is 0.256 e. The molecule has 2 aromatic heterocycles. The van der Waals surface area contributed by atoms with Gasteiger partial charge in [0.05, 0.1) is 11.0 Å². The number of hydrogen-bond acceptors (Lipinski definition) is 3. The van der Waals surface area contributed by atoms with E-state index in [4.69, 9.17) is 23.2 Å². The average Bonchev–Trinajstić information content (AvgIpc) is 3.05. The molecule has 0 saturated carbocycles. The normalized spacial score (nSPS) is 11.0. The number of fused-ring (bicyclic) bond motifs is 1. The summed E-state index contributed by atoms with van der Waals surface area (Å²) < 4.78 is 0. The number of imidazole rings is 1. The quantitative estimate of drug-likeness (QED) is 0.439. The van der Waals surface area contributed by atoms with Crippen molar-refractivity contribution in [3.8, 4) is 0 Å². The van der Waals surface area contributed by atoms with Crippen LogP contribution in [0.5, 0.6) is 0 Å². The zero-order valence-corrected chi connectivity index (χ0v) is 17.4. The van der Waals surface area contributed by atoms with Gasteiger partial charge >= 0.3 is 0 Å². The minimum absolute atomic E-state index is 0.227. The number of carbonyl (C=O) groups is 1. The van der Waals surface area contributed by atoms with Crippen LogP contribution in [0.2, 0.25) is 10.0 Å². The molecular weight excluding hydrogens is 407 g/mol. The van der Waals surface area contributed by atoms with Gasteiger partial charge in [-0.3, -0.25) is 4.79 Å². The number of H-pyrrole nitrogens is 1. The Hall–Kier alpha value is -2.89. The van der Waals surface area contributed by atoms with Crippen LogP contribution in [0.3, 0.4) is 0 Å². The van der Waals surface area contributed by atoms with E-state index in [1.165, 1.54) is 0 Å². The molecule has 0 aliphatic rings. The Kier molecular flexibility index (Phi) is 5.26. The number of nitrogens with one attached hydrogen (secondary N) is 2. The number of aromatic amines is 1. The Morgan fingerprint density at radius 2 is 1.79 bits per heavy atom. The first-order valence-corrected chi connectivity index (χ1v) is 9.83. The summed E-state index contributed by atoms with van der Waals surface area (Å²) >= 11 is 12.5. The fourth-order valence-corrected chi connectivity index (χ4v) is 3.78. The second-order valence-corrected chi connectivity index (χ2v) is 7.73. The summed E-state index contributed by atoms with van der Waals surface area (Å²) in [6.45, 7) is 3.86. The summed E-state index contributed by atoms with van der Waals surface area (Å²) in [5, 5.41) is 4.04. The first-order chi connectivity index (χ1) is 13.9. The molecule has 0 aliphatic heterocycles. The minimum Gasteiger partial charge on any atom is -0.342 e. The molecule has 4 aromatic rings. The van der Waals surface area contributed by atoms with Crippen LogP contribution in [0, 0.1) is 13.8 Å². The molecule has 0 unspecified atom stereocenters. The van der Waals surface area contributed by atoms with Gasteiger partial charge in [-0.25, -0.2) is 9.97 Å². The van der Waals surface area contributed by atoms with Crippen LogP contribution >= 0.6 is 23.2 Å². The monoisotopic (exact) mass is 424 g/mol. The summed E-state index contributed by atoms with van der Waals surface area (Å²) in [5.74, 6) is 1.03. The van der Waals surface area contributed by atoms with E-state index in [0.29, 0.717) is 27.8 Å². The van der Waals surface area contributed by atoms with Crippen LogP contribution in [-0.4, -0.2) is 20.9 Å². The summed E-state index contributed by atoms with van der Waals surface area (Å²) in [4.78, 5) is 24.8. The molecule has 7 heteroatoms. The molecule has 0 aliphatic carbocycles. The van der Waals surface area contributed by atoms with E-state index >= 15 is 0 Å². The fourth-order valence-electron chi connectivity index (χ4n) is 3.25. The first-order valence-electron chi connectivity index (χ1n) is 9.07. The van der Waals surface area contributed by atoms with Crippen molar-refractivity contribution in [3.63, 3.8) is 0 Å². The molecule has 29 heavy (non-hydrogen) atoms. The zero-order valence-electron chi connectivity index (χ0n) is 15.9. The van der Waals surface area contributed by atoms with Crippen molar-refractivity contribution in [1.82, 2.24) is 15.0 Å². The molecule has 2 heterocycles. The molecule has 0 bridgehead atoms. The van der Waals surface area contributed by atoms with Gasteiger partial charge in [-0.15, -0.1) is 0 Å². The van der Waals surface area contributed by atoms with Gasteiger partial charge in [-0.2, -0.15) is 0 Å². The predicted molar refractivity (Wildman–Crippen MR) is 117 cm³/mol. The van der Waals surface area contributed by atoms with Gasteiger partial charge in [0.2, 0.25) is 0 Å². The van der Waals surface area contributed by atoms with E-state index in [2.05, 4.69) is 20.3 Å². The molecule has 2 aromatic carbocycles. The highest BCUT2D eigenvalue weighted by molar-refractivity contribution is 6.36. The molecule has 5 nitrogen and oxygen atoms in total. The number of amides is 1. The second-order valence-electron chi connectivity index (χ2n) is 6.92. The third kappa shape index (κ3) is 4.26. The van der Waals surface area contributed by atoms with E-state index < -0.39 is 0 Å². The van der Waals surface area contributed by atoms with Gasteiger partial charge in [-0.1, -0.05) is 29.3 Å². The van der Waals surface area contributed by atoms with Crippen LogP contribution in [0.1, 0.15) is 33.0 Å². The number of rotatable bonds is 4. The third-order valence-corrected chi connectivity index (χ3v) is 5.25. The van der Waals surface area contributed by atoms with Gasteiger partial charge in [-0.05, 0) is 67.4 Å². The largest absolute Gasteiger partial charge is 0.342 e. The molecule has 0 saturated heterocycles. The highest BCUT2D eigenvalue weighted by Crippen LogP contribution is 2.27. The number of aryl methyl sites for hydroxylation is 2. The first kappa shape index (κ1) is 19.4. The highest BCUT2D eigenvalue weighted by atomic mass is 35.5. The topological polar surface area (TPSA) is 70.7 Å². The Labute approximate surface area is 178 Å². The summed E-state index contributed by atoms with van der Waals surface area (Å²) in [6, 6.07) is 14.5. The number of halogens is 2. The maximum absolute atomic E-state index is 12.6. The van der Waals surface area contributed by atoms with Crippen molar-refractivity contribution >= 4 is 46.0 Å². The van der Waals surface area contributed by atoms with Crippen molar-refractivity contribution in [2.24, 2.45) is 0 Å². The number of nitrogens with zero attached hydrogens (tertiary/aromatic N) is 2. The Morgan fingerprint density at radius 1 is 1.03 bits per heavy atom. The highest BCUT2D eigenvalue weighted by Gasteiger charge is 2.13. The lowest BCUT2D eigenvalue weighted by Crippen LogP contribution is -2.13. The maximum atomic E-state index is 12.6. The lowest BCUT2D eigenvalue weighted by atomic mass is 10.1. The molecule has 0 spiro atoms. The standard InChI is InChI=1S/C22H18Cl2N4O/c1-12-8-13(2)25-20(9-12)28-22(29)14-6-7-18-19(10-14)27-21(26-18)11-15-16(23)4-3-5-17(15)24/h3-10H,11H2,1-2H3,(H,26,27)(H,25,28,29). The molecule has 146 valence electrons. The van der Waals surface area contributed by atoms with Gasteiger partial charge in [0, 0.05) is 27.7 Å². The summed E-state index contributed by atoms with van der Waals surface area (Å²) in [6.07, 6.45) is 0.473. The van der Waals surface area contributed by atoms with Crippen molar-refractivity contribution in [2.75, 3.05) is 5.32 Å². The number of benzene rings is 2. The van der Waals surface area contributed by atoms with Crippen molar-refractivity contribution in [1.29, 1.82) is 0 Å². The average molecular weight is 425 g/mol. The third-order valence-electron chi connectivity index (χ3n) is 4.54. The van der Waals surface area contributed by atoms with Crippen LogP contribution in [0.4, 0.5) is 5.82 Å². The van der Waals surface area contributed by atoms with Gasteiger partial charge in [0.25, 0.3) is 5.91 Å². The molecule has 0 radical (unpaired) electrons. The Morgan fingerprint density at radius 3 is 2.52 bits per heavy atom. The van der Waals surface area contributed by atoms with Crippen LogP contribution in [-0.2, 0) is 6.42 Å². The summed E-state index contributed by atoms with van der Waals surface area (Å²) in [5.41, 5.74) is 4.76. The van der Waals surface area contributed by atoms with Crippen LogP contribution < -0.4 is 5.32 Å². The van der Waals surface area contributed by atoms with Crippen LogP contribution in [0.25, 0.3) is 11.0 Å². The molecular formula is C22H18Cl2N4O. The van der Waals surface area contributed by atoms with E-state index in [1.54, 1.807) is 24.3 Å². The van der Waals surface area contributed by atoms with Crippen LogP contribution in [0.15, 0.2) is 48.5 Å². The van der Waals surface area contributed by atoms with Gasteiger partial charge < -0.3 is 10.3 Å². The number of hydrogen-bond donors (Lipinski definition) is 2.